The van der Waals surface area contributed by atoms with E-state index in [-0.39, 0.29) is 36.2 Å². The Morgan fingerprint density at radius 3 is 1.02 bits per heavy atom. The number of ether oxygens (including phenoxy) is 8. The topological polar surface area (TPSA) is 414 Å². The van der Waals surface area contributed by atoms with Crippen LogP contribution in [0.3, 0.4) is 0 Å². The van der Waals surface area contributed by atoms with Gasteiger partial charge in [0.25, 0.3) is 6.33 Å². The van der Waals surface area contributed by atoms with E-state index in [0.717, 1.165) is 102 Å². The van der Waals surface area contributed by atoms with Crippen LogP contribution in [0.5, 0.6) is 46.0 Å². The molecule has 0 saturated heterocycles. The third-order valence-corrected chi connectivity index (χ3v) is 22.7. The maximum absolute atomic E-state index is 11.9. The molecule has 10 heterocycles. The lowest BCUT2D eigenvalue weighted by Gasteiger charge is -2.26. The molecule has 0 unspecified atom stereocenters. The SMILES string of the molecule is Br.COc1cc(OC)cc(N(CC(N)=O)c2ccc3ncc(-c4cnn(C)c4)nc3c2)c1.COc1cc(OC)cc(N(CCP(=O)(O)O)c2ccc3ncc(-c4cnn(C)c4)nc3c2)c1.COc1cc(OC)cc(N(CCn2c[n+](C)cn2)c2ccc3ncc(-c4cnn(C)c4)nc3c2)c1.COc1cc(OC)cc(N(CCn2ncnc2C)c2ccc3ncc(-c4cnn(CC(C)C)c4)nc3c2)c1. The summed E-state index contributed by atoms with van der Waals surface area (Å²) in [6, 6.07) is 45.7. The van der Waals surface area contributed by atoms with Crippen molar-refractivity contribution in [1.29, 1.82) is 0 Å². The van der Waals surface area contributed by atoms with Gasteiger partial charge in [-0.05, 0) is 85.6 Å². The standard InChI is InChI=1S/C28H32N8O2.C25H27N8O2.C22H22N6O3.C22H24N5O5P.BrH/c1-19(2)16-34-17-21(14-31-34)28-15-29-26-7-6-22(12-27(26)33-28)35(8-9-36-20(3)30-18-32-36)23-10-24(37-4)13-25(11-23)38-5;1-30-16-28-32(17-30)7-8-33(20-9-21(34-3)12-22(10-20)35-4)19-5-6-23-24(11-19)29-25(14-26-23)18-13-27-31(2)15-18;1-27-12-14(10-25-27)21-11-24-19-5-4-15(8-20(19)26-21)28(13-22(23)29)16-6-17(30-2)9-18(7-16)31-3;1-26-14-15(12-24-26)22-13-23-20-5-4-16(10-21(20)25-22)27(6-7-33(28,29)30)17-8-18(31-2)11-19(9-17)32-3;/h6-7,10-15,17-19H,8-9,16H2,1-5H3;5-6,9-17H,7-8H2,1-4H3;4-12H,13H2,1-3H3,(H2,23,29);4-5,8-14H,6-7H2,1-3H3,(H2,28,29,30);1H/q;+1;;;. The van der Waals surface area contributed by atoms with Crippen LogP contribution in [0.25, 0.3) is 89.2 Å². The third kappa shape index (κ3) is 24.5. The number of hydrogen-bond acceptors (Lipinski definition) is 29. The number of carbonyl (C=O) groups excluding carboxylic acids is 1. The largest absolute Gasteiger partial charge is 0.497 e. The predicted octanol–water partition coefficient (Wildman–Crippen LogP) is 14.4. The number of fused-ring (bicyclic) bond motifs is 4. The summed E-state index contributed by atoms with van der Waals surface area (Å²) in [4.78, 5) is 80.7. The molecule has 8 aromatic carbocycles. The van der Waals surface area contributed by atoms with E-state index in [9.17, 15) is 19.1 Å². The van der Waals surface area contributed by atoms with E-state index in [0.29, 0.717) is 123 Å². The summed E-state index contributed by atoms with van der Waals surface area (Å²) < 4.78 is 68.1. The van der Waals surface area contributed by atoms with Gasteiger partial charge >= 0.3 is 7.60 Å². The third-order valence-electron chi connectivity index (χ3n) is 21.9. The molecule has 4 N–H and O–H groups in total. The van der Waals surface area contributed by atoms with E-state index in [4.69, 9.17) is 63.6 Å². The molecule has 10 aromatic heterocycles. The number of nitrogens with zero attached hydrogens (tertiary/aromatic N) is 26. The molecule has 712 valence electrons. The second-order valence-corrected chi connectivity index (χ2v) is 33.9. The van der Waals surface area contributed by atoms with Crippen molar-refractivity contribution in [3.8, 4) is 91.0 Å². The van der Waals surface area contributed by atoms with Gasteiger partial charge in [-0.2, -0.15) is 25.5 Å². The highest BCUT2D eigenvalue weighted by atomic mass is 79.9. The molecule has 39 nitrogen and oxygen atoms in total. The number of carbonyl (C=O) groups is 1. The van der Waals surface area contributed by atoms with Crippen molar-refractivity contribution >= 4 is 120 Å². The molecule has 18 rings (SSSR count). The molecule has 0 bridgehead atoms. The van der Waals surface area contributed by atoms with E-state index in [2.05, 4.69) is 103 Å². The van der Waals surface area contributed by atoms with Crippen molar-refractivity contribution in [3.63, 3.8) is 0 Å². The molecule has 0 spiro atoms. The fourth-order valence-electron chi connectivity index (χ4n) is 15.1. The lowest BCUT2D eigenvalue weighted by Crippen LogP contribution is -2.30. The van der Waals surface area contributed by atoms with Crippen LogP contribution in [0.15, 0.2) is 239 Å². The van der Waals surface area contributed by atoms with Gasteiger partial charge in [-0.25, -0.2) is 34.2 Å². The van der Waals surface area contributed by atoms with Crippen molar-refractivity contribution in [2.75, 3.05) is 109 Å². The normalized spacial score (nSPS) is 11.1. The average Bonchev–Trinajstić information content (AvgIpc) is 1.22. The zero-order valence-electron chi connectivity index (χ0n) is 78.8. The van der Waals surface area contributed by atoms with Crippen LogP contribution in [-0.4, -0.2) is 208 Å². The first-order valence-corrected chi connectivity index (χ1v) is 45.1. The van der Waals surface area contributed by atoms with Crippen LogP contribution >= 0.6 is 24.6 Å². The van der Waals surface area contributed by atoms with Gasteiger partial charge in [0.15, 0.2) is 0 Å². The summed E-state index contributed by atoms with van der Waals surface area (Å²) in [6.07, 6.45) is 26.7. The molecule has 0 saturated carbocycles. The number of benzene rings is 8. The van der Waals surface area contributed by atoms with E-state index in [1.165, 1.54) is 0 Å². The number of hydrogen-bond donors (Lipinski definition) is 3. The van der Waals surface area contributed by atoms with Crippen molar-refractivity contribution in [1.82, 2.24) is 104 Å². The number of amides is 1. The molecule has 0 aliphatic heterocycles. The van der Waals surface area contributed by atoms with Gasteiger partial charge in [-0.3, -0.25) is 48.0 Å². The first kappa shape index (κ1) is 98.0. The molecule has 0 atom stereocenters. The lowest BCUT2D eigenvalue weighted by atomic mass is 10.2. The van der Waals surface area contributed by atoms with Crippen molar-refractivity contribution in [2.24, 2.45) is 39.8 Å². The maximum atomic E-state index is 11.9. The number of rotatable bonds is 33. The molecule has 0 aliphatic carbocycles. The Balaban J connectivity index is 0.000000147. The zero-order chi connectivity index (χ0) is 96.6. The molecule has 0 fully saturated rings. The summed E-state index contributed by atoms with van der Waals surface area (Å²) in [5, 5.41) is 25.9. The summed E-state index contributed by atoms with van der Waals surface area (Å²) in [7, 11) is 16.1. The molecule has 18 aromatic rings. The maximum Gasteiger partial charge on any atom is 0.327 e. The number of nitrogens with two attached hydrogens (primary N) is 1. The van der Waals surface area contributed by atoms with Crippen LogP contribution in [0.1, 0.15) is 19.7 Å². The van der Waals surface area contributed by atoms with Gasteiger partial charge in [0.05, 0.1) is 200 Å². The van der Waals surface area contributed by atoms with Gasteiger partial charge in [0.2, 0.25) is 12.2 Å². The summed E-state index contributed by atoms with van der Waals surface area (Å²) in [6.45, 7) is 9.82. The van der Waals surface area contributed by atoms with Gasteiger partial charge in [0.1, 0.15) is 71.2 Å². The van der Waals surface area contributed by atoms with Gasteiger partial charge < -0.3 is 73.0 Å². The quantitative estimate of drug-likeness (QED) is 0.0254. The minimum Gasteiger partial charge on any atom is -0.497 e. The lowest BCUT2D eigenvalue weighted by molar-refractivity contribution is -0.672. The number of halogens is 1. The highest BCUT2D eigenvalue weighted by Crippen LogP contribution is 2.42. The second-order valence-electron chi connectivity index (χ2n) is 32.2. The van der Waals surface area contributed by atoms with Gasteiger partial charge in [0, 0.05) is 211 Å². The summed E-state index contributed by atoms with van der Waals surface area (Å²) >= 11 is 0. The number of primary amides is 1. The average molecular weight is 1950 g/mol. The predicted molar refractivity (Wildman–Crippen MR) is 532 cm³/mol. The summed E-state index contributed by atoms with van der Waals surface area (Å²) in [5.74, 6) is 6.07. The molecule has 0 radical (unpaired) electrons. The van der Waals surface area contributed by atoms with Crippen LogP contribution in [0.4, 0.5) is 45.5 Å². The minimum atomic E-state index is -4.23. The van der Waals surface area contributed by atoms with Crippen LogP contribution in [0.2, 0.25) is 0 Å². The Kier molecular flexibility index (Phi) is 31.5. The molecular formula is C97H106BrN27O12P+. The Morgan fingerprint density at radius 2 is 0.725 bits per heavy atom. The number of anilines is 8. The summed E-state index contributed by atoms with van der Waals surface area (Å²) in [5.41, 5.74) is 24.7. The smallest absolute Gasteiger partial charge is 0.327 e. The monoisotopic (exact) mass is 1950 g/mol. The zero-order valence-corrected chi connectivity index (χ0v) is 81.4. The van der Waals surface area contributed by atoms with Gasteiger partial charge in [-0.1, -0.05) is 13.8 Å². The van der Waals surface area contributed by atoms with Crippen LogP contribution in [-0.2, 0) is 57.2 Å². The Labute approximate surface area is 805 Å². The number of methoxy groups -OCH3 is 8. The van der Waals surface area contributed by atoms with E-state index < -0.39 is 13.5 Å². The Morgan fingerprint density at radius 1 is 0.399 bits per heavy atom. The minimum absolute atomic E-state index is 0. The van der Waals surface area contributed by atoms with E-state index in [1.54, 1.807) is 161 Å². The molecule has 1 amide bonds. The van der Waals surface area contributed by atoms with E-state index in [1.807, 2.05) is 188 Å². The molecule has 138 heavy (non-hydrogen) atoms. The first-order valence-electron chi connectivity index (χ1n) is 43.3. The number of aromatic nitrogens is 22. The van der Waals surface area contributed by atoms with Crippen molar-refractivity contribution in [2.45, 2.75) is 40.4 Å². The van der Waals surface area contributed by atoms with Gasteiger partial charge in [-0.15, -0.1) is 21.7 Å². The Bertz CT molecular complexity index is 7240. The molecule has 41 heteroatoms. The Hall–Kier alpha value is -16.1. The fraction of sp³-hybridized carbons (Fsp3) is 0.247. The second kappa shape index (κ2) is 44.4. The van der Waals surface area contributed by atoms with Crippen LogP contribution < -0.4 is 67.8 Å². The molecular weight excluding hydrogens is 1850 g/mol. The van der Waals surface area contributed by atoms with Crippen molar-refractivity contribution in [3.05, 3.63) is 245 Å². The highest BCUT2D eigenvalue weighted by molar-refractivity contribution is 8.93. The van der Waals surface area contributed by atoms with Crippen molar-refractivity contribution < 1.29 is 61.6 Å². The molecule has 0 aliphatic rings. The number of aryl methyl sites for hydroxylation is 5. The first-order chi connectivity index (χ1) is 66.2. The fourth-order valence-corrected chi connectivity index (χ4v) is 15.5. The van der Waals surface area contributed by atoms with Crippen LogP contribution in [0, 0.1) is 12.8 Å². The highest BCUT2D eigenvalue weighted by Gasteiger charge is 2.25. The van der Waals surface area contributed by atoms with E-state index >= 15 is 0 Å².